The molecule has 0 aliphatic carbocycles. The van der Waals surface area contributed by atoms with E-state index in [9.17, 15) is 13.2 Å². The van der Waals surface area contributed by atoms with Crippen LogP contribution in [0.4, 0.5) is 10.5 Å². The molecule has 29 heavy (non-hydrogen) atoms. The number of para-hydroxylation sites is 1. The smallest absolute Gasteiger partial charge is 0.319 e. The van der Waals surface area contributed by atoms with Gasteiger partial charge in [-0.15, -0.1) is 0 Å². The molecule has 0 aromatic heterocycles. The summed E-state index contributed by atoms with van der Waals surface area (Å²) in [6, 6.07) is 14.2. The first-order valence-corrected chi connectivity index (χ1v) is 11.5. The Morgan fingerprint density at radius 1 is 1.07 bits per heavy atom. The molecule has 1 saturated heterocycles. The van der Waals surface area contributed by atoms with Gasteiger partial charge in [-0.2, -0.15) is 4.31 Å². The summed E-state index contributed by atoms with van der Waals surface area (Å²) < 4.78 is 27.8. The van der Waals surface area contributed by atoms with E-state index in [0.717, 1.165) is 36.1 Å². The van der Waals surface area contributed by atoms with Crippen molar-refractivity contribution >= 4 is 21.7 Å². The zero-order valence-electron chi connectivity index (χ0n) is 17.0. The molecule has 1 aliphatic rings. The van der Waals surface area contributed by atoms with E-state index in [1.807, 2.05) is 50.2 Å². The van der Waals surface area contributed by atoms with Gasteiger partial charge in [-0.25, -0.2) is 13.2 Å². The second kappa shape index (κ2) is 9.41. The third-order valence-corrected chi connectivity index (χ3v) is 7.32. The molecule has 6 nitrogen and oxygen atoms in total. The molecule has 0 bridgehead atoms. The van der Waals surface area contributed by atoms with Crippen LogP contribution in [0.3, 0.4) is 0 Å². The number of hydrogen-bond donors (Lipinski definition) is 2. The largest absolute Gasteiger partial charge is 0.338 e. The standard InChI is InChI=1S/C22H29N3O3S/c1-17-10-12-20(13-11-17)29(27,28)25-16-6-5-8-19(25)14-15-23-22(26)24-21-9-4-3-7-18(21)2/h3-4,7,9-13,19H,5-6,8,14-16H2,1-2H3,(H2,23,24,26). The van der Waals surface area contributed by atoms with Crippen LogP contribution in [-0.2, 0) is 10.0 Å². The molecule has 1 fully saturated rings. The van der Waals surface area contributed by atoms with Gasteiger partial charge >= 0.3 is 6.03 Å². The molecule has 156 valence electrons. The van der Waals surface area contributed by atoms with Crippen molar-refractivity contribution in [2.75, 3.05) is 18.4 Å². The van der Waals surface area contributed by atoms with Gasteiger partial charge in [0.05, 0.1) is 4.90 Å². The Hall–Kier alpha value is -2.38. The summed E-state index contributed by atoms with van der Waals surface area (Å²) in [7, 11) is -3.53. The molecule has 1 aliphatic heterocycles. The number of carbonyl (C=O) groups is 1. The molecule has 2 aromatic carbocycles. The first kappa shape index (κ1) is 21.3. The lowest BCUT2D eigenvalue weighted by atomic mass is 10.0. The average Bonchev–Trinajstić information content (AvgIpc) is 2.70. The van der Waals surface area contributed by atoms with E-state index in [1.165, 1.54) is 0 Å². The molecule has 2 aromatic rings. The summed E-state index contributed by atoms with van der Waals surface area (Å²) in [5.74, 6) is 0. The van der Waals surface area contributed by atoms with E-state index >= 15 is 0 Å². The quantitative estimate of drug-likeness (QED) is 0.747. The van der Waals surface area contributed by atoms with Crippen LogP contribution in [0.1, 0.15) is 36.8 Å². The number of anilines is 1. The van der Waals surface area contributed by atoms with E-state index < -0.39 is 10.0 Å². The van der Waals surface area contributed by atoms with Crippen LogP contribution in [0.5, 0.6) is 0 Å². The Morgan fingerprint density at radius 2 is 1.79 bits per heavy atom. The van der Waals surface area contributed by atoms with Gasteiger partial charge in [-0.05, 0) is 56.9 Å². The van der Waals surface area contributed by atoms with E-state index in [1.54, 1.807) is 16.4 Å². The van der Waals surface area contributed by atoms with Crippen molar-refractivity contribution in [2.45, 2.75) is 50.5 Å². The van der Waals surface area contributed by atoms with Crippen LogP contribution in [0.25, 0.3) is 0 Å². The number of sulfonamides is 1. The molecule has 1 heterocycles. The first-order chi connectivity index (χ1) is 13.9. The summed E-state index contributed by atoms with van der Waals surface area (Å²) in [6.07, 6.45) is 3.27. The van der Waals surface area contributed by atoms with Crippen molar-refractivity contribution in [3.8, 4) is 0 Å². The number of amides is 2. The van der Waals surface area contributed by atoms with E-state index in [4.69, 9.17) is 0 Å². The van der Waals surface area contributed by atoms with E-state index in [2.05, 4.69) is 10.6 Å². The van der Waals surface area contributed by atoms with Gasteiger partial charge in [0.25, 0.3) is 0 Å². The number of benzene rings is 2. The minimum absolute atomic E-state index is 0.103. The molecule has 2 amide bonds. The SMILES string of the molecule is Cc1ccc(S(=O)(=O)N2CCCCC2CCNC(=O)Nc2ccccc2C)cc1. The fourth-order valence-corrected chi connectivity index (χ4v) is 5.38. The van der Waals surface area contributed by atoms with Gasteiger partial charge in [0, 0.05) is 24.8 Å². The highest BCUT2D eigenvalue weighted by Crippen LogP contribution is 2.27. The van der Waals surface area contributed by atoms with Gasteiger partial charge in [-0.1, -0.05) is 42.3 Å². The van der Waals surface area contributed by atoms with Crippen LogP contribution >= 0.6 is 0 Å². The fraction of sp³-hybridized carbons (Fsp3) is 0.409. The monoisotopic (exact) mass is 415 g/mol. The number of aryl methyl sites for hydroxylation is 2. The average molecular weight is 416 g/mol. The Bertz CT molecular complexity index is 942. The summed E-state index contributed by atoms with van der Waals surface area (Å²) >= 11 is 0. The first-order valence-electron chi connectivity index (χ1n) is 10.1. The number of piperidine rings is 1. The number of carbonyl (C=O) groups excluding carboxylic acids is 1. The number of rotatable bonds is 6. The van der Waals surface area contributed by atoms with E-state index in [-0.39, 0.29) is 12.1 Å². The maximum absolute atomic E-state index is 13.1. The zero-order valence-corrected chi connectivity index (χ0v) is 17.8. The summed E-state index contributed by atoms with van der Waals surface area (Å²) in [4.78, 5) is 12.5. The number of nitrogens with one attached hydrogen (secondary N) is 2. The van der Waals surface area contributed by atoms with Crippen molar-refractivity contribution in [2.24, 2.45) is 0 Å². The van der Waals surface area contributed by atoms with Crippen molar-refractivity contribution in [1.29, 1.82) is 0 Å². The van der Waals surface area contributed by atoms with Crippen LogP contribution in [0.15, 0.2) is 53.4 Å². The summed E-state index contributed by atoms with van der Waals surface area (Å²) in [6.45, 7) is 4.82. The highest BCUT2D eigenvalue weighted by Gasteiger charge is 2.33. The van der Waals surface area contributed by atoms with Crippen molar-refractivity contribution < 1.29 is 13.2 Å². The van der Waals surface area contributed by atoms with Gasteiger partial charge in [0.15, 0.2) is 0 Å². The molecule has 0 saturated carbocycles. The number of nitrogens with zero attached hydrogens (tertiary/aromatic N) is 1. The highest BCUT2D eigenvalue weighted by atomic mass is 32.2. The lowest BCUT2D eigenvalue weighted by Gasteiger charge is -2.34. The molecule has 2 N–H and O–H groups in total. The fourth-order valence-electron chi connectivity index (χ4n) is 3.66. The topological polar surface area (TPSA) is 78.5 Å². The predicted octanol–water partition coefficient (Wildman–Crippen LogP) is 4.06. The number of urea groups is 1. The summed E-state index contributed by atoms with van der Waals surface area (Å²) in [5, 5.41) is 5.69. The molecule has 0 radical (unpaired) electrons. The molecule has 3 rings (SSSR count). The van der Waals surface area contributed by atoms with Crippen LogP contribution in [-0.4, -0.2) is 37.9 Å². The predicted molar refractivity (Wildman–Crippen MR) is 116 cm³/mol. The Balaban J connectivity index is 1.59. The van der Waals surface area contributed by atoms with Gasteiger partial charge in [0.2, 0.25) is 10.0 Å². The van der Waals surface area contributed by atoms with Crippen LogP contribution in [0.2, 0.25) is 0 Å². The Kier molecular flexibility index (Phi) is 6.92. The third-order valence-electron chi connectivity index (χ3n) is 5.36. The maximum Gasteiger partial charge on any atom is 0.319 e. The second-order valence-corrected chi connectivity index (χ2v) is 9.45. The molecular weight excluding hydrogens is 386 g/mol. The molecular formula is C22H29N3O3S. The number of hydrogen-bond acceptors (Lipinski definition) is 3. The lowest BCUT2D eigenvalue weighted by molar-refractivity contribution is 0.234. The zero-order chi connectivity index (χ0) is 20.9. The Morgan fingerprint density at radius 3 is 2.52 bits per heavy atom. The second-order valence-electron chi connectivity index (χ2n) is 7.56. The van der Waals surface area contributed by atoms with Crippen molar-refractivity contribution in [3.05, 3.63) is 59.7 Å². The van der Waals surface area contributed by atoms with Gasteiger partial charge in [0.1, 0.15) is 0 Å². The van der Waals surface area contributed by atoms with Crippen LogP contribution in [0, 0.1) is 13.8 Å². The van der Waals surface area contributed by atoms with Crippen molar-refractivity contribution in [3.63, 3.8) is 0 Å². The van der Waals surface area contributed by atoms with Crippen LogP contribution < -0.4 is 10.6 Å². The highest BCUT2D eigenvalue weighted by molar-refractivity contribution is 7.89. The maximum atomic E-state index is 13.1. The third kappa shape index (κ3) is 5.36. The van der Waals surface area contributed by atoms with E-state index in [0.29, 0.717) is 24.4 Å². The molecule has 1 unspecified atom stereocenters. The normalized spacial score (nSPS) is 17.7. The molecule has 0 spiro atoms. The minimum Gasteiger partial charge on any atom is -0.338 e. The Labute approximate surface area is 173 Å². The van der Waals surface area contributed by atoms with Gasteiger partial charge in [-0.3, -0.25) is 0 Å². The minimum atomic E-state index is -3.53. The molecule has 7 heteroatoms. The van der Waals surface area contributed by atoms with Gasteiger partial charge < -0.3 is 10.6 Å². The lowest BCUT2D eigenvalue weighted by Crippen LogP contribution is -2.45. The molecule has 1 atom stereocenters. The summed E-state index contributed by atoms with van der Waals surface area (Å²) in [5.41, 5.74) is 2.79. The van der Waals surface area contributed by atoms with Crippen molar-refractivity contribution in [1.82, 2.24) is 9.62 Å².